The lowest BCUT2D eigenvalue weighted by molar-refractivity contribution is 0.415. The summed E-state index contributed by atoms with van der Waals surface area (Å²) < 4.78 is 5.08. The average molecular weight is 280 g/mol. The van der Waals surface area contributed by atoms with Gasteiger partial charge in [-0.2, -0.15) is 0 Å². The Balaban J connectivity index is 2.24. The van der Waals surface area contributed by atoms with Crippen LogP contribution < -0.4 is 4.74 Å². The zero-order chi connectivity index (χ0) is 13.0. The Bertz CT molecular complexity index is 544. The molecule has 2 aromatic rings. The van der Waals surface area contributed by atoms with E-state index in [1.807, 2.05) is 24.3 Å². The van der Waals surface area contributed by atoms with Gasteiger partial charge in [0.05, 0.1) is 22.8 Å². The highest BCUT2D eigenvalue weighted by atomic mass is 35.5. The molecule has 4 heteroatoms. The molecule has 0 unspecified atom stereocenters. The van der Waals surface area contributed by atoms with E-state index in [0.29, 0.717) is 10.0 Å². The van der Waals surface area contributed by atoms with Crippen LogP contribution in [0.3, 0.4) is 0 Å². The molecule has 0 saturated heterocycles. The van der Waals surface area contributed by atoms with Crippen molar-refractivity contribution in [1.82, 2.24) is 0 Å². The lowest BCUT2D eigenvalue weighted by atomic mass is 10.2. The van der Waals surface area contributed by atoms with Crippen LogP contribution in [0.2, 0.25) is 10.0 Å². The smallest absolute Gasteiger partial charge is 0.119 e. The Morgan fingerprint density at radius 2 is 1.61 bits per heavy atom. The Morgan fingerprint density at radius 1 is 1.00 bits per heavy atom. The fraction of sp³-hybridized carbons (Fsp3) is 0.0714. The van der Waals surface area contributed by atoms with Gasteiger partial charge in [0.25, 0.3) is 0 Å². The fourth-order valence-corrected chi connectivity index (χ4v) is 1.94. The molecule has 2 aromatic carbocycles. The molecule has 0 aromatic heterocycles. The fourth-order valence-electron chi connectivity index (χ4n) is 1.44. The van der Waals surface area contributed by atoms with E-state index in [-0.39, 0.29) is 0 Å². The molecule has 0 bridgehead atoms. The van der Waals surface area contributed by atoms with Gasteiger partial charge in [0.1, 0.15) is 5.75 Å². The van der Waals surface area contributed by atoms with Crippen LogP contribution in [0.5, 0.6) is 5.75 Å². The minimum Gasteiger partial charge on any atom is -0.497 e. The van der Waals surface area contributed by atoms with Crippen LogP contribution in [0.1, 0.15) is 5.56 Å². The molecule has 92 valence electrons. The third kappa shape index (κ3) is 3.03. The Labute approximate surface area is 116 Å². The molecule has 0 atom stereocenters. The maximum absolute atomic E-state index is 6.05. The molecular formula is C14H11Cl2NO. The molecule has 2 rings (SSSR count). The summed E-state index contributed by atoms with van der Waals surface area (Å²) in [6.45, 7) is 0. The van der Waals surface area contributed by atoms with Gasteiger partial charge in [-0.05, 0) is 36.4 Å². The van der Waals surface area contributed by atoms with E-state index in [4.69, 9.17) is 27.9 Å². The van der Waals surface area contributed by atoms with Crippen LogP contribution in [-0.2, 0) is 0 Å². The molecular weight excluding hydrogens is 269 g/mol. The summed E-state index contributed by atoms with van der Waals surface area (Å²) in [5, 5.41) is 1.17. The lowest BCUT2D eigenvalue weighted by Gasteiger charge is -2.01. The summed E-state index contributed by atoms with van der Waals surface area (Å²) in [5.41, 5.74) is 1.53. The molecule has 0 aliphatic carbocycles. The van der Waals surface area contributed by atoms with Gasteiger partial charge >= 0.3 is 0 Å². The van der Waals surface area contributed by atoms with Crippen molar-refractivity contribution in [1.29, 1.82) is 0 Å². The summed E-state index contributed by atoms with van der Waals surface area (Å²) >= 11 is 12.1. The molecule has 0 spiro atoms. The Kier molecular flexibility index (Phi) is 4.24. The highest BCUT2D eigenvalue weighted by Gasteiger charge is 2.01. The molecule has 0 heterocycles. The molecule has 0 saturated carbocycles. The second-order valence-electron chi connectivity index (χ2n) is 3.59. The quantitative estimate of drug-likeness (QED) is 0.743. The van der Waals surface area contributed by atoms with Crippen LogP contribution >= 0.6 is 23.2 Å². The number of halogens is 2. The predicted molar refractivity (Wildman–Crippen MR) is 76.7 cm³/mol. The molecule has 0 fully saturated rings. The van der Waals surface area contributed by atoms with Crippen molar-refractivity contribution in [2.45, 2.75) is 0 Å². The summed E-state index contributed by atoms with van der Waals surface area (Å²) in [6.07, 6.45) is 1.66. The van der Waals surface area contributed by atoms with Gasteiger partial charge in [0.2, 0.25) is 0 Å². The van der Waals surface area contributed by atoms with Gasteiger partial charge in [-0.1, -0.05) is 29.3 Å². The van der Waals surface area contributed by atoms with Crippen molar-refractivity contribution >= 4 is 35.1 Å². The zero-order valence-corrected chi connectivity index (χ0v) is 11.2. The molecule has 0 aliphatic heterocycles. The van der Waals surface area contributed by atoms with Crippen LogP contribution in [0.4, 0.5) is 5.69 Å². The van der Waals surface area contributed by atoms with Gasteiger partial charge in [-0.15, -0.1) is 0 Å². The van der Waals surface area contributed by atoms with Crippen LogP contribution in [0, 0.1) is 0 Å². The number of rotatable bonds is 3. The largest absolute Gasteiger partial charge is 0.497 e. The molecule has 0 amide bonds. The second kappa shape index (κ2) is 5.89. The topological polar surface area (TPSA) is 21.6 Å². The average Bonchev–Trinajstić information content (AvgIpc) is 2.39. The van der Waals surface area contributed by atoms with E-state index in [2.05, 4.69) is 4.99 Å². The van der Waals surface area contributed by atoms with Gasteiger partial charge in [0, 0.05) is 11.8 Å². The van der Waals surface area contributed by atoms with E-state index >= 15 is 0 Å². The monoisotopic (exact) mass is 279 g/mol. The summed E-state index contributed by atoms with van der Waals surface area (Å²) in [4.78, 5) is 4.32. The van der Waals surface area contributed by atoms with E-state index < -0.39 is 0 Å². The van der Waals surface area contributed by atoms with Gasteiger partial charge in [0.15, 0.2) is 0 Å². The van der Waals surface area contributed by atoms with Crippen molar-refractivity contribution in [3.05, 3.63) is 58.1 Å². The lowest BCUT2D eigenvalue weighted by Crippen LogP contribution is -1.84. The van der Waals surface area contributed by atoms with Crippen molar-refractivity contribution in [3.63, 3.8) is 0 Å². The van der Waals surface area contributed by atoms with Crippen LogP contribution in [-0.4, -0.2) is 13.3 Å². The summed E-state index contributed by atoms with van der Waals surface area (Å²) in [5.74, 6) is 0.796. The van der Waals surface area contributed by atoms with E-state index in [9.17, 15) is 0 Å². The van der Waals surface area contributed by atoms with Gasteiger partial charge in [-0.3, -0.25) is 4.99 Å². The van der Waals surface area contributed by atoms with Crippen LogP contribution in [0.15, 0.2) is 47.5 Å². The molecule has 0 aliphatic rings. The van der Waals surface area contributed by atoms with E-state index in [0.717, 1.165) is 17.0 Å². The first-order valence-electron chi connectivity index (χ1n) is 5.33. The number of hydrogen-bond acceptors (Lipinski definition) is 2. The van der Waals surface area contributed by atoms with E-state index in [1.54, 1.807) is 31.5 Å². The van der Waals surface area contributed by atoms with Crippen molar-refractivity contribution in [3.8, 4) is 5.75 Å². The first kappa shape index (κ1) is 12.9. The summed E-state index contributed by atoms with van der Waals surface area (Å²) in [7, 11) is 1.63. The van der Waals surface area contributed by atoms with Crippen LogP contribution in [0.25, 0.3) is 0 Å². The first-order valence-corrected chi connectivity index (χ1v) is 6.08. The molecule has 0 N–H and O–H groups in total. The number of hydrogen-bond donors (Lipinski definition) is 0. The molecule has 18 heavy (non-hydrogen) atoms. The Hall–Kier alpha value is -1.51. The number of methoxy groups -OCH3 is 1. The van der Waals surface area contributed by atoms with Gasteiger partial charge < -0.3 is 4.74 Å². The summed E-state index contributed by atoms with van der Waals surface area (Å²) in [6, 6.07) is 12.8. The zero-order valence-electron chi connectivity index (χ0n) is 9.73. The van der Waals surface area contributed by atoms with Crippen molar-refractivity contribution in [2.75, 3.05) is 7.11 Å². The van der Waals surface area contributed by atoms with Crippen molar-refractivity contribution < 1.29 is 4.74 Å². The third-order valence-electron chi connectivity index (χ3n) is 2.41. The normalized spacial score (nSPS) is 10.8. The standard InChI is InChI=1S/C14H11Cl2NO/c1-18-11-7-5-10(6-8-11)17-9-12-13(15)3-2-4-14(12)16/h2-9H,1H3. The number of nitrogens with zero attached hydrogens (tertiary/aromatic N) is 1. The highest BCUT2D eigenvalue weighted by Crippen LogP contribution is 2.24. The number of benzene rings is 2. The minimum absolute atomic E-state index is 0.583. The maximum atomic E-state index is 6.05. The first-order chi connectivity index (χ1) is 8.70. The Morgan fingerprint density at radius 3 is 2.17 bits per heavy atom. The van der Waals surface area contributed by atoms with E-state index in [1.165, 1.54) is 0 Å². The molecule has 2 nitrogen and oxygen atoms in total. The van der Waals surface area contributed by atoms with Crippen molar-refractivity contribution in [2.24, 2.45) is 4.99 Å². The highest BCUT2D eigenvalue weighted by molar-refractivity contribution is 6.38. The predicted octanol–water partition coefficient (Wildman–Crippen LogP) is 4.75. The second-order valence-corrected chi connectivity index (χ2v) is 4.41. The SMILES string of the molecule is COc1ccc(N=Cc2c(Cl)cccc2Cl)cc1. The molecule has 0 radical (unpaired) electrons. The number of aliphatic imine (C=N–C) groups is 1. The number of ether oxygens (including phenoxy) is 1. The maximum Gasteiger partial charge on any atom is 0.119 e. The minimum atomic E-state index is 0.583. The third-order valence-corrected chi connectivity index (χ3v) is 3.07. The van der Waals surface area contributed by atoms with Gasteiger partial charge in [-0.25, -0.2) is 0 Å².